The SMILES string of the molecule is CC1CC1Nc1ccc(F)cc1S(=O)(=O)C(F)(F)F. The second-order valence-electron chi connectivity index (χ2n) is 4.55. The third-order valence-corrected chi connectivity index (χ3v) is 4.51. The van der Waals surface area contributed by atoms with Crippen LogP contribution in [0.1, 0.15) is 13.3 Å². The molecule has 0 amide bonds. The second kappa shape index (κ2) is 4.36. The molecule has 1 saturated carbocycles. The van der Waals surface area contributed by atoms with E-state index >= 15 is 0 Å². The highest BCUT2D eigenvalue weighted by Gasteiger charge is 2.48. The zero-order valence-corrected chi connectivity index (χ0v) is 10.6. The van der Waals surface area contributed by atoms with E-state index in [1.54, 1.807) is 0 Å². The molecule has 106 valence electrons. The molecular formula is C11H11F4NO2S. The van der Waals surface area contributed by atoms with Crippen LogP contribution >= 0.6 is 0 Å². The normalized spacial score (nSPS) is 23.2. The number of hydrogen-bond acceptors (Lipinski definition) is 3. The van der Waals surface area contributed by atoms with Crippen molar-refractivity contribution >= 4 is 15.5 Å². The summed E-state index contributed by atoms with van der Waals surface area (Å²) >= 11 is 0. The summed E-state index contributed by atoms with van der Waals surface area (Å²) in [5.74, 6) is -0.774. The Morgan fingerprint density at radius 3 is 2.37 bits per heavy atom. The van der Waals surface area contributed by atoms with E-state index < -0.39 is 26.1 Å². The first kappa shape index (κ1) is 14.1. The summed E-state index contributed by atoms with van der Waals surface area (Å²) < 4.78 is 73.4. The molecule has 0 spiro atoms. The van der Waals surface area contributed by atoms with E-state index in [0.717, 1.165) is 18.6 Å². The zero-order chi connectivity index (χ0) is 14.4. The fraction of sp³-hybridized carbons (Fsp3) is 0.455. The molecule has 1 N–H and O–H groups in total. The predicted octanol–water partition coefficient (Wildman–Crippen LogP) is 2.94. The Morgan fingerprint density at radius 1 is 1.32 bits per heavy atom. The van der Waals surface area contributed by atoms with Crippen LogP contribution in [-0.2, 0) is 9.84 Å². The van der Waals surface area contributed by atoms with Crippen molar-refractivity contribution < 1.29 is 26.0 Å². The van der Waals surface area contributed by atoms with Crippen molar-refractivity contribution in [2.75, 3.05) is 5.32 Å². The Morgan fingerprint density at radius 2 is 1.89 bits per heavy atom. The van der Waals surface area contributed by atoms with Crippen LogP contribution < -0.4 is 5.32 Å². The molecule has 1 aromatic rings. The van der Waals surface area contributed by atoms with Crippen LogP contribution in [0.5, 0.6) is 0 Å². The van der Waals surface area contributed by atoms with Crippen molar-refractivity contribution in [3.05, 3.63) is 24.0 Å². The van der Waals surface area contributed by atoms with Crippen molar-refractivity contribution in [2.45, 2.75) is 29.8 Å². The maximum absolute atomic E-state index is 13.0. The van der Waals surface area contributed by atoms with Gasteiger partial charge in [-0.15, -0.1) is 0 Å². The fourth-order valence-corrected chi connectivity index (χ4v) is 2.62. The van der Waals surface area contributed by atoms with Gasteiger partial charge in [-0.25, -0.2) is 12.8 Å². The Labute approximate surface area is 107 Å². The van der Waals surface area contributed by atoms with Gasteiger partial charge in [-0.05, 0) is 30.5 Å². The van der Waals surface area contributed by atoms with Gasteiger partial charge in [0.1, 0.15) is 10.7 Å². The summed E-state index contributed by atoms with van der Waals surface area (Å²) in [5.41, 5.74) is -5.67. The van der Waals surface area contributed by atoms with Gasteiger partial charge in [0.25, 0.3) is 9.84 Å². The Kier molecular flexibility index (Phi) is 3.24. The van der Waals surface area contributed by atoms with Gasteiger partial charge in [-0.1, -0.05) is 6.92 Å². The first-order valence-electron chi connectivity index (χ1n) is 5.50. The summed E-state index contributed by atoms with van der Waals surface area (Å²) in [6, 6.07) is 2.25. The summed E-state index contributed by atoms with van der Waals surface area (Å²) in [6.07, 6.45) is 0.739. The molecule has 2 rings (SSSR count). The smallest absolute Gasteiger partial charge is 0.381 e. The number of nitrogens with one attached hydrogen (secondary N) is 1. The van der Waals surface area contributed by atoms with E-state index in [9.17, 15) is 26.0 Å². The third kappa shape index (κ3) is 2.68. The van der Waals surface area contributed by atoms with Gasteiger partial charge in [0.05, 0.1) is 5.69 Å². The van der Waals surface area contributed by atoms with Crippen LogP contribution in [0.4, 0.5) is 23.2 Å². The lowest BCUT2D eigenvalue weighted by Crippen LogP contribution is -2.24. The molecule has 3 nitrogen and oxygen atoms in total. The van der Waals surface area contributed by atoms with Crippen LogP contribution in [0.2, 0.25) is 0 Å². The quantitative estimate of drug-likeness (QED) is 0.873. The van der Waals surface area contributed by atoms with E-state index in [-0.39, 0.29) is 17.6 Å². The Bertz CT molecular complexity index is 597. The standard InChI is InChI=1S/C11H11F4NO2S/c1-6-4-9(6)16-8-3-2-7(12)5-10(8)19(17,18)11(13,14)15/h2-3,5-6,9,16H,4H2,1H3. The predicted molar refractivity (Wildman–Crippen MR) is 60.8 cm³/mol. The van der Waals surface area contributed by atoms with Crippen LogP contribution in [0, 0.1) is 11.7 Å². The van der Waals surface area contributed by atoms with Crippen LogP contribution in [0.25, 0.3) is 0 Å². The highest BCUT2D eigenvalue weighted by molar-refractivity contribution is 7.92. The van der Waals surface area contributed by atoms with Crippen molar-refractivity contribution in [3.63, 3.8) is 0 Å². The van der Waals surface area contributed by atoms with E-state index in [1.807, 2.05) is 6.92 Å². The minimum atomic E-state index is -5.57. The lowest BCUT2D eigenvalue weighted by molar-refractivity contribution is -0.0435. The molecule has 8 heteroatoms. The molecular weight excluding hydrogens is 286 g/mol. The lowest BCUT2D eigenvalue weighted by Gasteiger charge is -2.14. The van der Waals surface area contributed by atoms with Gasteiger partial charge < -0.3 is 5.32 Å². The minimum absolute atomic E-state index is 0.0763. The highest BCUT2D eigenvalue weighted by atomic mass is 32.2. The Balaban J connectivity index is 2.46. The summed E-state index contributed by atoms with van der Waals surface area (Å²) in [6.45, 7) is 1.87. The summed E-state index contributed by atoms with van der Waals surface area (Å²) in [4.78, 5) is -1.07. The number of halogens is 4. The number of anilines is 1. The van der Waals surface area contributed by atoms with Crippen molar-refractivity contribution in [1.29, 1.82) is 0 Å². The molecule has 1 aliphatic rings. The van der Waals surface area contributed by atoms with Crippen LogP contribution in [-0.4, -0.2) is 20.0 Å². The maximum atomic E-state index is 13.0. The number of rotatable bonds is 3. The molecule has 0 radical (unpaired) electrons. The molecule has 0 bridgehead atoms. The second-order valence-corrected chi connectivity index (χ2v) is 6.46. The highest BCUT2D eigenvalue weighted by Crippen LogP contribution is 2.38. The van der Waals surface area contributed by atoms with Crippen LogP contribution in [0.3, 0.4) is 0 Å². The molecule has 0 heterocycles. The Hall–Kier alpha value is -1.31. The van der Waals surface area contributed by atoms with E-state index in [1.165, 1.54) is 0 Å². The molecule has 0 aliphatic heterocycles. The number of hydrogen-bond donors (Lipinski definition) is 1. The topological polar surface area (TPSA) is 46.2 Å². The summed E-state index contributed by atoms with van der Waals surface area (Å²) in [7, 11) is -5.57. The average Bonchev–Trinajstić information content (AvgIpc) is 2.95. The lowest BCUT2D eigenvalue weighted by atomic mass is 10.3. The van der Waals surface area contributed by atoms with Crippen molar-refractivity contribution in [2.24, 2.45) is 5.92 Å². The minimum Gasteiger partial charge on any atom is -0.381 e. The third-order valence-electron chi connectivity index (χ3n) is 2.99. The summed E-state index contributed by atoms with van der Waals surface area (Å²) in [5, 5.41) is 2.69. The van der Waals surface area contributed by atoms with Gasteiger partial charge in [-0.2, -0.15) is 13.2 Å². The monoisotopic (exact) mass is 297 g/mol. The van der Waals surface area contributed by atoms with E-state index in [4.69, 9.17) is 0 Å². The van der Waals surface area contributed by atoms with Gasteiger partial charge in [0.15, 0.2) is 0 Å². The largest absolute Gasteiger partial charge is 0.501 e. The molecule has 0 saturated heterocycles. The molecule has 2 atom stereocenters. The van der Waals surface area contributed by atoms with Crippen molar-refractivity contribution in [3.8, 4) is 0 Å². The van der Waals surface area contributed by atoms with Gasteiger partial charge in [0.2, 0.25) is 0 Å². The molecule has 2 unspecified atom stereocenters. The molecule has 1 fully saturated rings. The van der Waals surface area contributed by atoms with E-state index in [0.29, 0.717) is 6.07 Å². The first-order valence-corrected chi connectivity index (χ1v) is 6.98. The maximum Gasteiger partial charge on any atom is 0.501 e. The molecule has 0 aromatic heterocycles. The van der Waals surface area contributed by atoms with Gasteiger partial charge >= 0.3 is 5.51 Å². The first-order chi connectivity index (χ1) is 8.63. The van der Waals surface area contributed by atoms with Gasteiger partial charge in [0, 0.05) is 6.04 Å². The molecule has 1 aliphatic carbocycles. The fourth-order valence-electron chi connectivity index (χ4n) is 1.69. The van der Waals surface area contributed by atoms with Crippen LogP contribution in [0.15, 0.2) is 23.1 Å². The molecule has 19 heavy (non-hydrogen) atoms. The number of alkyl halides is 3. The molecule has 1 aromatic carbocycles. The number of benzene rings is 1. The van der Waals surface area contributed by atoms with E-state index in [2.05, 4.69) is 5.32 Å². The van der Waals surface area contributed by atoms with Crippen molar-refractivity contribution in [1.82, 2.24) is 0 Å². The van der Waals surface area contributed by atoms with Gasteiger partial charge in [-0.3, -0.25) is 0 Å². The number of sulfone groups is 1. The zero-order valence-electron chi connectivity index (χ0n) is 9.83. The average molecular weight is 297 g/mol.